The van der Waals surface area contributed by atoms with Gasteiger partial charge in [0.1, 0.15) is 5.60 Å². The summed E-state index contributed by atoms with van der Waals surface area (Å²) in [5.74, 6) is 0. The van der Waals surface area contributed by atoms with Gasteiger partial charge in [-0.05, 0) is 39.8 Å². The lowest BCUT2D eigenvalue weighted by Gasteiger charge is -2.24. The molecule has 7 nitrogen and oxygen atoms in total. The van der Waals surface area contributed by atoms with Crippen molar-refractivity contribution in [2.24, 2.45) is 0 Å². The topological polar surface area (TPSA) is 82.1 Å². The monoisotopic (exact) mass is 463 g/mol. The van der Waals surface area contributed by atoms with E-state index in [2.05, 4.69) is 15.9 Å². The Morgan fingerprint density at radius 1 is 1.19 bits per heavy atom. The molecule has 9 heteroatoms. The van der Waals surface area contributed by atoms with Crippen molar-refractivity contribution in [1.29, 1.82) is 0 Å². The number of carbonyl (C=O) groups is 1. The Morgan fingerprint density at radius 2 is 1.81 bits per heavy atom. The first kappa shape index (κ1) is 22.1. The van der Waals surface area contributed by atoms with Gasteiger partial charge in [0.05, 0.1) is 35.6 Å². The van der Waals surface area contributed by atoms with E-state index < -0.39 is 21.8 Å². The molecule has 0 unspecified atom stereocenters. The van der Waals surface area contributed by atoms with Crippen molar-refractivity contribution in [2.75, 3.05) is 26.3 Å². The number of halogens is 1. The molecule has 1 amide bonds. The number of aryl methyl sites for hydroxylation is 1. The molecule has 0 radical (unpaired) electrons. The fourth-order valence-electron chi connectivity index (χ4n) is 2.48. The summed E-state index contributed by atoms with van der Waals surface area (Å²) in [5.41, 5.74) is 0.409. The Bertz CT molecular complexity index is 744. The van der Waals surface area contributed by atoms with Crippen molar-refractivity contribution in [1.82, 2.24) is 4.90 Å². The highest BCUT2D eigenvalue weighted by molar-refractivity contribution is 9.09. The Morgan fingerprint density at radius 3 is 2.41 bits per heavy atom. The first-order valence-electron chi connectivity index (χ1n) is 8.68. The van der Waals surface area contributed by atoms with E-state index in [1.807, 2.05) is 27.7 Å². The van der Waals surface area contributed by atoms with Gasteiger partial charge in [-0.25, -0.2) is 4.79 Å². The lowest BCUT2D eigenvalue weighted by atomic mass is 10.2. The molecular formula is C18H26BrNO6S. The van der Waals surface area contributed by atoms with Crippen LogP contribution in [0.3, 0.4) is 0 Å². The number of alkyl halides is 1. The first-order valence-corrected chi connectivity index (χ1v) is 11.0. The molecule has 1 aromatic carbocycles. The highest BCUT2D eigenvalue weighted by atomic mass is 79.9. The molecule has 1 aliphatic heterocycles. The van der Waals surface area contributed by atoms with Crippen molar-refractivity contribution < 1.29 is 26.9 Å². The van der Waals surface area contributed by atoms with Gasteiger partial charge >= 0.3 is 6.09 Å². The molecule has 27 heavy (non-hydrogen) atoms. The molecule has 0 spiro atoms. The van der Waals surface area contributed by atoms with Crippen LogP contribution in [0.4, 0.5) is 4.79 Å². The van der Waals surface area contributed by atoms with E-state index in [9.17, 15) is 13.2 Å². The van der Waals surface area contributed by atoms with Crippen LogP contribution in [0.15, 0.2) is 29.2 Å². The molecule has 1 aliphatic rings. The summed E-state index contributed by atoms with van der Waals surface area (Å²) in [6.07, 6.45) is -0.653. The normalized spacial score (nSPS) is 20.7. The van der Waals surface area contributed by atoms with Crippen molar-refractivity contribution >= 4 is 32.1 Å². The summed E-state index contributed by atoms with van der Waals surface area (Å²) in [6, 6.07) is 6.45. The van der Waals surface area contributed by atoms with Crippen LogP contribution in [0.1, 0.15) is 26.3 Å². The zero-order valence-electron chi connectivity index (χ0n) is 16.0. The fraction of sp³-hybridized carbons (Fsp3) is 0.611. The second kappa shape index (κ2) is 8.89. The summed E-state index contributed by atoms with van der Waals surface area (Å²) in [6.45, 7) is 8.14. The predicted octanol–water partition coefficient (Wildman–Crippen LogP) is 3.10. The van der Waals surface area contributed by atoms with Gasteiger partial charge in [-0.15, -0.1) is 0 Å². The smallest absolute Gasteiger partial charge is 0.410 e. The Kier molecular flexibility index (Phi) is 7.29. The molecule has 2 atom stereocenters. The molecule has 1 aromatic rings. The van der Waals surface area contributed by atoms with Crippen LogP contribution in [0.25, 0.3) is 0 Å². The largest absolute Gasteiger partial charge is 0.444 e. The molecule has 152 valence electrons. The van der Waals surface area contributed by atoms with Gasteiger partial charge in [-0.1, -0.05) is 33.6 Å². The van der Waals surface area contributed by atoms with Gasteiger partial charge < -0.3 is 14.4 Å². The maximum absolute atomic E-state index is 12.1. The first-order chi connectivity index (χ1) is 12.5. The van der Waals surface area contributed by atoms with Gasteiger partial charge in [0, 0.05) is 6.54 Å². The zero-order valence-corrected chi connectivity index (χ0v) is 18.4. The van der Waals surface area contributed by atoms with Crippen LogP contribution in [-0.2, 0) is 23.8 Å². The van der Waals surface area contributed by atoms with Gasteiger partial charge in [0.25, 0.3) is 10.1 Å². The lowest BCUT2D eigenvalue weighted by molar-refractivity contribution is 0.0180. The van der Waals surface area contributed by atoms with Crippen molar-refractivity contribution in [3.8, 4) is 0 Å². The summed E-state index contributed by atoms with van der Waals surface area (Å²) in [7, 11) is -3.81. The Balaban J connectivity index is 1.78. The molecule has 1 saturated heterocycles. The summed E-state index contributed by atoms with van der Waals surface area (Å²) >= 11 is 3.49. The third-order valence-corrected chi connectivity index (χ3v) is 6.02. The number of likely N-dealkylation sites (tertiary alicyclic amines) is 1. The second-order valence-corrected chi connectivity index (χ2v) is 10.2. The minimum absolute atomic E-state index is 0.0567. The minimum atomic E-state index is -3.81. The summed E-state index contributed by atoms with van der Waals surface area (Å²) < 4.78 is 40.3. The standard InChI is InChI=1S/C18H26BrNO6S/c1-13-5-7-14(8-6-13)27(22,23)25-10-9-24-16-12-20(11-15(16)19)17(21)26-18(2,3)4/h5-8,15-16H,9-12H2,1-4H3/t15-,16-/m1/s1. The Hall–Kier alpha value is -1.16. The van der Waals surface area contributed by atoms with Gasteiger partial charge in [0.2, 0.25) is 0 Å². The number of amides is 1. The molecule has 0 aromatic heterocycles. The van der Waals surface area contributed by atoms with E-state index in [-0.39, 0.29) is 29.0 Å². The summed E-state index contributed by atoms with van der Waals surface area (Å²) in [5, 5.41) is 0. The van der Waals surface area contributed by atoms with E-state index in [1.54, 1.807) is 17.0 Å². The SMILES string of the molecule is Cc1ccc(S(=O)(=O)OCCO[C@@H]2CN(C(=O)OC(C)(C)C)C[C@H]2Br)cc1. The molecule has 0 aliphatic carbocycles. The zero-order chi connectivity index (χ0) is 20.2. The molecule has 0 N–H and O–H groups in total. The van der Waals surface area contributed by atoms with E-state index in [0.717, 1.165) is 5.56 Å². The number of hydrogen-bond acceptors (Lipinski definition) is 6. The maximum Gasteiger partial charge on any atom is 0.410 e. The van der Waals surface area contributed by atoms with E-state index >= 15 is 0 Å². The van der Waals surface area contributed by atoms with E-state index in [1.165, 1.54) is 12.1 Å². The molecule has 0 bridgehead atoms. The number of rotatable bonds is 6. The van der Waals surface area contributed by atoms with E-state index in [4.69, 9.17) is 13.7 Å². The van der Waals surface area contributed by atoms with Crippen molar-refractivity contribution in [3.63, 3.8) is 0 Å². The third kappa shape index (κ3) is 6.74. The third-order valence-electron chi connectivity index (χ3n) is 3.81. The fourth-order valence-corrected chi connectivity index (χ4v) is 4.05. The Labute approximate surface area is 169 Å². The van der Waals surface area contributed by atoms with E-state index in [0.29, 0.717) is 13.1 Å². The molecular weight excluding hydrogens is 438 g/mol. The van der Waals surface area contributed by atoms with Crippen molar-refractivity contribution in [3.05, 3.63) is 29.8 Å². The van der Waals surface area contributed by atoms with Gasteiger partial charge in [-0.2, -0.15) is 8.42 Å². The maximum atomic E-state index is 12.1. The minimum Gasteiger partial charge on any atom is -0.444 e. The van der Waals surface area contributed by atoms with Gasteiger partial charge in [0.15, 0.2) is 0 Å². The molecule has 1 heterocycles. The molecule has 2 rings (SSSR count). The summed E-state index contributed by atoms with van der Waals surface area (Å²) in [4.78, 5) is 13.7. The number of nitrogens with zero attached hydrogens (tertiary/aromatic N) is 1. The number of ether oxygens (including phenoxy) is 2. The average molecular weight is 464 g/mol. The number of carbonyl (C=O) groups excluding carboxylic acids is 1. The van der Waals surface area contributed by atoms with Crippen molar-refractivity contribution in [2.45, 2.75) is 49.1 Å². The van der Waals surface area contributed by atoms with Crippen LogP contribution in [0.2, 0.25) is 0 Å². The highest BCUT2D eigenvalue weighted by Gasteiger charge is 2.36. The highest BCUT2D eigenvalue weighted by Crippen LogP contribution is 2.23. The van der Waals surface area contributed by atoms with Crippen LogP contribution < -0.4 is 0 Å². The lowest BCUT2D eigenvalue weighted by Crippen LogP contribution is -2.36. The van der Waals surface area contributed by atoms with Crippen LogP contribution in [0.5, 0.6) is 0 Å². The van der Waals surface area contributed by atoms with Crippen LogP contribution in [0, 0.1) is 6.92 Å². The van der Waals surface area contributed by atoms with Crippen LogP contribution in [-0.4, -0.2) is 62.2 Å². The second-order valence-electron chi connectivity index (χ2n) is 7.40. The quantitative estimate of drug-likeness (QED) is 0.366. The number of hydrogen-bond donors (Lipinski definition) is 0. The average Bonchev–Trinajstić information content (AvgIpc) is 2.92. The number of benzene rings is 1. The molecule has 0 saturated carbocycles. The van der Waals surface area contributed by atoms with Gasteiger partial charge in [-0.3, -0.25) is 4.18 Å². The molecule has 1 fully saturated rings. The predicted molar refractivity (Wildman–Crippen MR) is 105 cm³/mol. The van der Waals surface area contributed by atoms with Crippen LogP contribution >= 0.6 is 15.9 Å².